The molecule has 1 amide bonds. The van der Waals surface area contributed by atoms with Gasteiger partial charge in [-0.05, 0) is 25.0 Å². The third-order valence-corrected chi connectivity index (χ3v) is 3.42. The van der Waals surface area contributed by atoms with Crippen LogP contribution in [0.15, 0.2) is 22.8 Å². The number of hydrogen-bond donors (Lipinski definition) is 2. The lowest BCUT2D eigenvalue weighted by Gasteiger charge is -2.37. The van der Waals surface area contributed by atoms with Crippen LogP contribution in [0.5, 0.6) is 0 Å². The zero-order valence-corrected chi connectivity index (χ0v) is 10.5. The number of carbonyl (C=O) groups excluding carboxylic acids is 1. The quantitative estimate of drug-likeness (QED) is 0.814. The Morgan fingerprint density at radius 1 is 1.44 bits per heavy atom. The lowest BCUT2D eigenvalue weighted by atomic mass is 9.90. The molecule has 2 rings (SSSR count). The van der Waals surface area contributed by atoms with Crippen molar-refractivity contribution in [2.75, 3.05) is 19.8 Å². The van der Waals surface area contributed by atoms with Gasteiger partial charge in [0.05, 0.1) is 11.8 Å². The molecule has 0 atom stereocenters. The molecule has 100 valence electrons. The van der Waals surface area contributed by atoms with E-state index in [1.54, 1.807) is 6.26 Å². The van der Waals surface area contributed by atoms with Gasteiger partial charge in [-0.25, -0.2) is 0 Å². The van der Waals surface area contributed by atoms with Crippen LogP contribution in [0.25, 0.3) is 0 Å². The molecule has 1 aromatic heterocycles. The minimum absolute atomic E-state index is 0.0266. The predicted octanol–water partition coefficient (Wildman–Crippen LogP) is 0.836. The van der Waals surface area contributed by atoms with Crippen molar-refractivity contribution in [2.45, 2.75) is 31.2 Å². The summed E-state index contributed by atoms with van der Waals surface area (Å²) in [6, 6.07) is 3.70. The third kappa shape index (κ3) is 3.34. The molecule has 3 N–H and O–H groups in total. The first-order chi connectivity index (χ1) is 8.74. The Hall–Kier alpha value is -1.33. The summed E-state index contributed by atoms with van der Waals surface area (Å²) < 4.78 is 10.5. The van der Waals surface area contributed by atoms with Crippen LogP contribution in [0.4, 0.5) is 0 Å². The van der Waals surface area contributed by atoms with Crippen molar-refractivity contribution in [1.29, 1.82) is 0 Å². The second-order valence-corrected chi connectivity index (χ2v) is 4.72. The zero-order valence-electron chi connectivity index (χ0n) is 10.5. The number of aryl methyl sites for hydroxylation is 1. The maximum absolute atomic E-state index is 11.9. The molecule has 0 spiro atoms. The van der Waals surface area contributed by atoms with E-state index in [9.17, 15) is 4.79 Å². The van der Waals surface area contributed by atoms with E-state index < -0.39 is 0 Å². The Labute approximate surface area is 107 Å². The van der Waals surface area contributed by atoms with Crippen LogP contribution in [-0.4, -0.2) is 31.2 Å². The second kappa shape index (κ2) is 6.02. The molecule has 18 heavy (non-hydrogen) atoms. The summed E-state index contributed by atoms with van der Waals surface area (Å²) in [7, 11) is 0. The Morgan fingerprint density at radius 2 is 2.22 bits per heavy atom. The first kappa shape index (κ1) is 13.1. The minimum atomic E-state index is -0.279. The summed E-state index contributed by atoms with van der Waals surface area (Å²) in [5, 5.41) is 3.06. The van der Waals surface area contributed by atoms with Crippen LogP contribution in [0, 0.1) is 0 Å². The monoisotopic (exact) mass is 252 g/mol. The van der Waals surface area contributed by atoms with Gasteiger partial charge in [0.1, 0.15) is 5.76 Å². The summed E-state index contributed by atoms with van der Waals surface area (Å²) >= 11 is 0. The highest BCUT2D eigenvalue weighted by Crippen LogP contribution is 2.19. The van der Waals surface area contributed by atoms with Gasteiger partial charge in [-0.15, -0.1) is 0 Å². The van der Waals surface area contributed by atoms with Gasteiger partial charge in [0.15, 0.2) is 0 Å². The van der Waals surface area contributed by atoms with Crippen LogP contribution < -0.4 is 11.1 Å². The number of carbonyl (C=O) groups is 1. The van der Waals surface area contributed by atoms with Gasteiger partial charge in [-0.3, -0.25) is 4.79 Å². The van der Waals surface area contributed by atoms with E-state index in [0.29, 0.717) is 32.6 Å². The van der Waals surface area contributed by atoms with Crippen LogP contribution in [0.1, 0.15) is 25.0 Å². The molecule has 0 unspecified atom stereocenters. The Morgan fingerprint density at radius 3 is 2.83 bits per heavy atom. The SMILES string of the molecule is NCC1(NC(=O)CCc2ccco2)CCOCC1. The molecule has 0 aromatic carbocycles. The lowest BCUT2D eigenvalue weighted by Crippen LogP contribution is -2.56. The summed E-state index contributed by atoms with van der Waals surface area (Å²) in [6.07, 6.45) is 4.24. The Balaban J connectivity index is 1.81. The van der Waals surface area contributed by atoms with Gasteiger partial charge in [0.25, 0.3) is 0 Å². The normalized spacial score (nSPS) is 18.5. The fraction of sp³-hybridized carbons (Fsp3) is 0.615. The number of hydrogen-bond acceptors (Lipinski definition) is 4. The van der Waals surface area contributed by atoms with Crippen LogP contribution in [-0.2, 0) is 16.0 Å². The van der Waals surface area contributed by atoms with Gasteiger partial charge in [-0.1, -0.05) is 0 Å². The highest BCUT2D eigenvalue weighted by Gasteiger charge is 2.32. The number of nitrogens with one attached hydrogen (secondary N) is 1. The number of nitrogens with two attached hydrogens (primary N) is 1. The molecule has 1 saturated heterocycles. The molecular formula is C13H20N2O3. The second-order valence-electron chi connectivity index (χ2n) is 4.72. The Kier molecular flexibility index (Phi) is 4.38. The number of rotatable bonds is 5. The fourth-order valence-electron chi connectivity index (χ4n) is 2.19. The maximum Gasteiger partial charge on any atom is 0.220 e. The third-order valence-electron chi connectivity index (χ3n) is 3.42. The summed E-state index contributed by atoms with van der Waals surface area (Å²) in [5.41, 5.74) is 5.51. The van der Waals surface area contributed by atoms with E-state index in [4.69, 9.17) is 14.9 Å². The number of ether oxygens (including phenoxy) is 1. The van der Waals surface area contributed by atoms with Gasteiger partial charge >= 0.3 is 0 Å². The largest absolute Gasteiger partial charge is 0.469 e. The predicted molar refractivity (Wildman–Crippen MR) is 67.0 cm³/mol. The van der Waals surface area contributed by atoms with Crippen molar-refractivity contribution in [2.24, 2.45) is 5.73 Å². The van der Waals surface area contributed by atoms with E-state index in [1.807, 2.05) is 12.1 Å². The maximum atomic E-state index is 11.9. The molecule has 1 aromatic rings. The lowest BCUT2D eigenvalue weighted by molar-refractivity contribution is -0.124. The van der Waals surface area contributed by atoms with Crippen LogP contribution in [0.2, 0.25) is 0 Å². The summed E-state index contributed by atoms with van der Waals surface area (Å²) in [5.74, 6) is 0.859. The van der Waals surface area contributed by atoms with E-state index in [0.717, 1.165) is 18.6 Å². The molecule has 5 heteroatoms. The molecule has 1 aliphatic heterocycles. The average Bonchev–Trinajstić information content (AvgIpc) is 2.91. The molecule has 0 aliphatic carbocycles. The first-order valence-corrected chi connectivity index (χ1v) is 6.35. The average molecular weight is 252 g/mol. The van der Waals surface area contributed by atoms with Crippen molar-refractivity contribution in [3.8, 4) is 0 Å². The molecule has 0 saturated carbocycles. The van der Waals surface area contributed by atoms with E-state index in [2.05, 4.69) is 5.32 Å². The molecular weight excluding hydrogens is 232 g/mol. The molecule has 0 bridgehead atoms. The van der Waals surface area contributed by atoms with Gasteiger partial charge in [-0.2, -0.15) is 0 Å². The van der Waals surface area contributed by atoms with Crippen molar-refractivity contribution in [3.63, 3.8) is 0 Å². The van der Waals surface area contributed by atoms with Crippen molar-refractivity contribution in [3.05, 3.63) is 24.2 Å². The van der Waals surface area contributed by atoms with Crippen molar-refractivity contribution >= 4 is 5.91 Å². The van der Waals surface area contributed by atoms with E-state index in [1.165, 1.54) is 0 Å². The smallest absolute Gasteiger partial charge is 0.220 e. The van der Waals surface area contributed by atoms with E-state index >= 15 is 0 Å². The molecule has 1 aliphatic rings. The number of amides is 1. The Bertz CT molecular complexity index is 370. The standard InChI is InChI=1S/C13H20N2O3/c14-10-13(5-8-17-9-6-13)15-12(16)4-3-11-2-1-7-18-11/h1-2,7H,3-6,8-10,14H2,(H,15,16). The minimum Gasteiger partial charge on any atom is -0.469 e. The van der Waals surface area contributed by atoms with Crippen LogP contribution in [0.3, 0.4) is 0 Å². The molecule has 1 fully saturated rings. The van der Waals surface area contributed by atoms with Gasteiger partial charge in [0.2, 0.25) is 5.91 Å². The summed E-state index contributed by atoms with van der Waals surface area (Å²) in [4.78, 5) is 11.9. The van der Waals surface area contributed by atoms with Gasteiger partial charge in [0, 0.05) is 32.6 Å². The fourth-order valence-corrected chi connectivity index (χ4v) is 2.19. The van der Waals surface area contributed by atoms with Crippen LogP contribution >= 0.6 is 0 Å². The highest BCUT2D eigenvalue weighted by atomic mass is 16.5. The zero-order chi connectivity index (χ0) is 12.8. The first-order valence-electron chi connectivity index (χ1n) is 6.35. The van der Waals surface area contributed by atoms with Gasteiger partial charge < -0.3 is 20.2 Å². The summed E-state index contributed by atoms with van der Waals surface area (Å²) in [6.45, 7) is 1.79. The van der Waals surface area contributed by atoms with Crippen molar-refractivity contribution < 1.29 is 13.9 Å². The molecule has 2 heterocycles. The molecule has 0 radical (unpaired) electrons. The molecule has 5 nitrogen and oxygen atoms in total. The highest BCUT2D eigenvalue weighted by molar-refractivity contribution is 5.77. The topological polar surface area (TPSA) is 77.5 Å². The number of furan rings is 1. The van der Waals surface area contributed by atoms with Crippen molar-refractivity contribution in [1.82, 2.24) is 5.32 Å². The van der Waals surface area contributed by atoms with E-state index in [-0.39, 0.29) is 11.4 Å².